The number of benzene rings is 1. The van der Waals surface area contributed by atoms with E-state index < -0.39 is 6.03 Å². The highest BCUT2D eigenvalue weighted by molar-refractivity contribution is 7.80. The first kappa shape index (κ1) is 13.7. The Morgan fingerprint density at radius 1 is 1.47 bits per heavy atom. The zero-order chi connectivity index (χ0) is 14.0. The molecule has 0 aliphatic carbocycles. The summed E-state index contributed by atoms with van der Waals surface area (Å²) in [5, 5.41) is 18.2. The number of nitrogens with one attached hydrogen (secondary N) is 3. The number of aromatic nitrogens is 2. The van der Waals surface area contributed by atoms with Crippen LogP contribution in [0.1, 0.15) is 0 Å². The van der Waals surface area contributed by atoms with Crippen LogP contribution in [-0.2, 0) is 0 Å². The van der Waals surface area contributed by atoms with Crippen LogP contribution in [-0.4, -0.2) is 33.5 Å². The monoisotopic (exact) mass is 296 g/mol. The molecule has 0 fully saturated rings. The van der Waals surface area contributed by atoms with Crippen molar-refractivity contribution in [3.8, 4) is 11.1 Å². The molecule has 0 spiro atoms. The maximum Gasteiger partial charge on any atom is 0.345 e. The molecular formula is C11H12N4O2S2. The molecule has 0 atom stereocenters. The molecule has 0 saturated heterocycles. The molecule has 2 aromatic rings. The molecule has 2 amide bonds. The van der Waals surface area contributed by atoms with E-state index in [1.54, 1.807) is 18.2 Å². The van der Waals surface area contributed by atoms with Crippen molar-refractivity contribution >= 4 is 36.6 Å². The molecule has 6 nitrogen and oxygen atoms in total. The van der Waals surface area contributed by atoms with Gasteiger partial charge in [0.05, 0.1) is 5.03 Å². The summed E-state index contributed by atoms with van der Waals surface area (Å²) in [4.78, 5) is 11.4. The van der Waals surface area contributed by atoms with E-state index in [4.69, 9.17) is 17.4 Å². The molecule has 0 unspecified atom stereocenters. The van der Waals surface area contributed by atoms with Crippen molar-refractivity contribution in [2.75, 3.05) is 12.4 Å². The molecule has 8 heteroatoms. The van der Waals surface area contributed by atoms with Crippen LogP contribution in [0.25, 0.3) is 11.1 Å². The Labute approximate surface area is 119 Å². The number of anilines is 1. The van der Waals surface area contributed by atoms with Crippen LogP contribution in [0.5, 0.6) is 0 Å². The minimum absolute atomic E-state index is 0.472. The summed E-state index contributed by atoms with van der Waals surface area (Å²) in [5.41, 5.74) is 2.12. The summed E-state index contributed by atoms with van der Waals surface area (Å²) >= 11 is 9.43. The SMILES string of the molecule is CN(O)C(=O)Nc1cccc(-c2c(S)[nH][nH]c2=S)c1. The minimum atomic E-state index is -0.623. The fourth-order valence-electron chi connectivity index (χ4n) is 1.57. The fraction of sp³-hybridized carbons (Fsp3) is 0.0909. The van der Waals surface area contributed by atoms with E-state index in [2.05, 4.69) is 28.1 Å². The maximum atomic E-state index is 11.4. The Balaban J connectivity index is 2.35. The second kappa shape index (κ2) is 5.47. The topological polar surface area (TPSA) is 84.2 Å². The predicted molar refractivity (Wildman–Crippen MR) is 77.2 cm³/mol. The molecule has 4 N–H and O–H groups in total. The molecule has 1 aromatic heterocycles. The van der Waals surface area contributed by atoms with Crippen LogP contribution < -0.4 is 5.32 Å². The van der Waals surface area contributed by atoms with E-state index in [0.717, 1.165) is 11.1 Å². The highest BCUT2D eigenvalue weighted by Gasteiger charge is 2.10. The number of carbonyl (C=O) groups excluding carboxylic acids is 1. The number of nitrogens with zero attached hydrogens (tertiary/aromatic N) is 1. The van der Waals surface area contributed by atoms with Gasteiger partial charge in [0, 0.05) is 18.3 Å². The van der Waals surface area contributed by atoms with E-state index in [0.29, 0.717) is 20.4 Å². The number of hydroxylamine groups is 2. The summed E-state index contributed by atoms with van der Waals surface area (Å²) in [6, 6.07) is 6.46. The van der Waals surface area contributed by atoms with E-state index in [-0.39, 0.29) is 0 Å². The third-order valence-electron chi connectivity index (χ3n) is 2.45. The maximum absolute atomic E-state index is 11.4. The van der Waals surface area contributed by atoms with Gasteiger partial charge >= 0.3 is 6.03 Å². The number of H-pyrrole nitrogens is 2. The molecule has 0 aliphatic rings. The summed E-state index contributed by atoms with van der Waals surface area (Å²) in [7, 11) is 1.24. The van der Waals surface area contributed by atoms with E-state index in [1.165, 1.54) is 7.05 Å². The Hall–Kier alpha value is -1.77. The zero-order valence-electron chi connectivity index (χ0n) is 9.97. The highest BCUT2D eigenvalue weighted by atomic mass is 32.1. The van der Waals surface area contributed by atoms with E-state index in [1.807, 2.05) is 6.07 Å². The fourth-order valence-corrected chi connectivity index (χ4v) is 2.22. The van der Waals surface area contributed by atoms with Gasteiger partial charge in [-0.2, -0.15) is 0 Å². The molecule has 1 heterocycles. The first-order valence-corrected chi connectivity index (χ1v) is 6.18. The Bertz CT molecular complexity index is 663. The zero-order valence-corrected chi connectivity index (χ0v) is 11.7. The molecule has 0 saturated carbocycles. The Kier molecular flexibility index (Phi) is 3.93. The smallest absolute Gasteiger partial charge is 0.306 e. The van der Waals surface area contributed by atoms with Gasteiger partial charge in [-0.05, 0) is 17.7 Å². The van der Waals surface area contributed by atoms with Gasteiger partial charge in [0.2, 0.25) is 0 Å². The van der Waals surface area contributed by atoms with Crippen molar-refractivity contribution in [1.29, 1.82) is 0 Å². The lowest BCUT2D eigenvalue weighted by Gasteiger charge is -2.11. The number of urea groups is 1. The number of rotatable bonds is 2. The lowest BCUT2D eigenvalue weighted by Crippen LogP contribution is -2.27. The van der Waals surface area contributed by atoms with Crippen LogP contribution in [0.4, 0.5) is 10.5 Å². The van der Waals surface area contributed by atoms with E-state index in [9.17, 15) is 4.79 Å². The van der Waals surface area contributed by atoms with Gasteiger partial charge in [-0.25, -0.2) is 9.86 Å². The van der Waals surface area contributed by atoms with Crippen molar-refractivity contribution in [1.82, 2.24) is 15.3 Å². The van der Waals surface area contributed by atoms with Gasteiger partial charge in [0.25, 0.3) is 0 Å². The standard InChI is InChI=1S/C11H12N4O2S2/c1-15(17)11(16)12-7-4-2-3-6(5-7)8-9(18)13-14-10(8)19/h2-5,17H,1H3,(H,12,16)(H3,13,14,18,19). The predicted octanol–water partition coefficient (Wildman–Crippen LogP) is 2.88. The van der Waals surface area contributed by atoms with Crippen molar-refractivity contribution in [3.63, 3.8) is 0 Å². The Morgan fingerprint density at radius 3 is 2.79 bits per heavy atom. The highest BCUT2D eigenvalue weighted by Crippen LogP contribution is 2.28. The van der Waals surface area contributed by atoms with Gasteiger partial charge in [0.15, 0.2) is 0 Å². The normalized spacial score (nSPS) is 10.3. The molecule has 0 radical (unpaired) electrons. The molecule has 2 rings (SSSR count). The molecule has 19 heavy (non-hydrogen) atoms. The molecule has 100 valence electrons. The number of aromatic amines is 2. The van der Waals surface area contributed by atoms with Crippen LogP contribution in [0.3, 0.4) is 0 Å². The van der Waals surface area contributed by atoms with Gasteiger partial charge in [0.1, 0.15) is 4.64 Å². The van der Waals surface area contributed by atoms with Crippen molar-refractivity contribution in [3.05, 3.63) is 28.9 Å². The molecule has 0 aliphatic heterocycles. The minimum Gasteiger partial charge on any atom is -0.306 e. The summed E-state index contributed by atoms with van der Waals surface area (Å²) in [6.45, 7) is 0. The summed E-state index contributed by atoms with van der Waals surface area (Å²) in [5.74, 6) is 0. The van der Waals surface area contributed by atoms with Crippen molar-refractivity contribution in [2.45, 2.75) is 5.03 Å². The van der Waals surface area contributed by atoms with Crippen LogP contribution >= 0.6 is 24.8 Å². The molecule has 0 bridgehead atoms. The van der Waals surface area contributed by atoms with Gasteiger partial charge in [-0.3, -0.25) is 15.4 Å². The second-order valence-electron chi connectivity index (χ2n) is 3.84. The largest absolute Gasteiger partial charge is 0.345 e. The quantitative estimate of drug-likeness (QED) is 0.256. The van der Waals surface area contributed by atoms with Gasteiger partial charge in [-0.1, -0.05) is 24.4 Å². The second-order valence-corrected chi connectivity index (χ2v) is 4.69. The van der Waals surface area contributed by atoms with Crippen LogP contribution in [0, 0.1) is 4.64 Å². The van der Waals surface area contributed by atoms with Crippen LogP contribution in [0.2, 0.25) is 0 Å². The Morgan fingerprint density at radius 2 is 2.21 bits per heavy atom. The van der Waals surface area contributed by atoms with Crippen LogP contribution in [0.15, 0.2) is 29.3 Å². The van der Waals surface area contributed by atoms with Gasteiger partial charge in [-0.15, -0.1) is 12.6 Å². The van der Waals surface area contributed by atoms with Crippen molar-refractivity contribution < 1.29 is 10.0 Å². The summed E-state index contributed by atoms with van der Waals surface area (Å²) < 4.78 is 0.535. The third-order valence-corrected chi connectivity index (χ3v) is 3.10. The van der Waals surface area contributed by atoms with Gasteiger partial charge < -0.3 is 5.32 Å². The average molecular weight is 296 g/mol. The van der Waals surface area contributed by atoms with E-state index >= 15 is 0 Å². The molecular weight excluding hydrogens is 284 g/mol. The number of hydrogen-bond acceptors (Lipinski definition) is 4. The number of carbonyl (C=O) groups is 1. The molecule has 1 aromatic carbocycles. The third kappa shape index (κ3) is 2.98. The lowest BCUT2D eigenvalue weighted by atomic mass is 10.1. The number of thiol groups is 1. The average Bonchev–Trinajstić information content (AvgIpc) is 2.69. The summed E-state index contributed by atoms with van der Waals surface area (Å²) in [6.07, 6.45) is 0. The lowest BCUT2D eigenvalue weighted by molar-refractivity contribution is -0.0118. The number of hydrogen-bond donors (Lipinski definition) is 5. The number of amides is 2. The first-order chi connectivity index (χ1) is 8.99. The van der Waals surface area contributed by atoms with Crippen molar-refractivity contribution in [2.24, 2.45) is 0 Å². The first-order valence-electron chi connectivity index (χ1n) is 5.32.